The van der Waals surface area contributed by atoms with E-state index in [-0.39, 0.29) is 0 Å². The van der Waals surface area contributed by atoms with Crippen LogP contribution >= 0.6 is 0 Å². The van der Waals surface area contributed by atoms with Crippen LogP contribution in [0.25, 0.3) is 0 Å². The first-order valence-corrected chi connectivity index (χ1v) is 8.36. The molecule has 1 heteroatoms. The van der Waals surface area contributed by atoms with Crippen molar-refractivity contribution in [1.82, 2.24) is 5.32 Å². The van der Waals surface area contributed by atoms with Gasteiger partial charge in [-0.2, -0.15) is 0 Å². The van der Waals surface area contributed by atoms with Gasteiger partial charge >= 0.3 is 0 Å². The van der Waals surface area contributed by atoms with E-state index >= 15 is 0 Å². The first-order chi connectivity index (χ1) is 9.56. The number of rotatable bonds is 5. The highest BCUT2D eigenvalue weighted by molar-refractivity contribution is 5.32. The van der Waals surface area contributed by atoms with E-state index in [1.54, 1.807) is 0 Å². The molecule has 3 atom stereocenters. The molecular formula is C19H31N. The van der Waals surface area contributed by atoms with E-state index in [1.807, 2.05) is 0 Å². The Balaban J connectivity index is 1.78. The minimum atomic E-state index is 0.469. The Labute approximate surface area is 125 Å². The van der Waals surface area contributed by atoms with Crippen LogP contribution in [0, 0.1) is 25.7 Å². The third-order valence-corrected chi connectivity index (χ3v) is 4.94. The van der Waals surface area contributed by atoms with Gasteiger partial charge in [-0.15, -0.1) is 0 Å². The summed E-state index contributed by atoms with van der Waals surface area (Å²) in [4.78, 5) is 0. The molecule has 1 nitrogen and oxygen atoms in total. The minimum absolute atomic E-state index is 0.469. The molecule has 0 radical (unpaired) electrons. The topological polar surface area (TPSA) is 12.0 Å². The molecule has 1 aliphatic rings. The van der Waals surface area contributed by atoms with Crippen LogP contribution in [-0.2, 0) is 0 Å². The highest BCUT2D eigenvalue weighted by Gasteiger charge is 2.18. The van der Waals surface area contributed by atoms with Gasteiger partial charge in [-0.25, -0.2) is 0 Å². The lowest BCUT2D eigenvalue weighted by molar-refractivity contribution is 0.265. The summed E-state index contributed by atoms with van der Waals surface area (Å²) in [6, 6.07) is 7.27. The van der Waals surface area contributed by atoms with Gasteiger partial charge in [0.2, 0.25) is 0 Å². The zero-order chi connectivity index (χ0) is 14.5. The maximum atomic E-state index is 3.72. The Morgan fingerprint density at radius 3 is 2.75 bits per heavy atom. The quantitative estimate of drug-likeness (QED) is 0.780. The van der Waals surface area contributed by atoms with Crippen molar-refractivity contribution in [3.63, 3.8) is 0 Å². The fourth-order valence-electron chi connectivity index (χ4n) is 3.75. The van der Waals surface area contributed by atoms with Gasteiger partial charge in [0.05, 0.1) is 0 Å². The summed E-state index contributed by atoms with van der Waals surface area (Å²) in [5.74, 6) is 1.91. The van der Waals surface area contributed by atoms with Gasteiger partial charge in [-0.05, 0) is 63.1 Å². The van der Waals surface area contributed by atoms with Crippen LogP contribution in [0.4, 0.5) is 0 Å². The molecule has 112 valence electrons. The number of aryl methyl sites for hydroxylation is 2. The van der Waals surface area contributed by atoms with Gasteiger partial charge in [-0.1, -0.05) is 49.9 Å². The zero-order valence-electron chi connectivity index (χ0n) is 13.7. The molecule has 0 spiro atoms. The Bertz CT molecular complexity index is 424. The van der Waals surface area contributed by atoms with E-state index in [0.29, 0.717) is 6.04 Å². The van der Waals surface area contributed by atoms with Crippen molar-refractivity contribution in [3.8, 4) is 0 Å². The second kappa shape index (κ2) is 7.26. The van der Waals surface area contributed by atoms with Crippen molar-refractivity contribution >= 4 is 0 Å². The van der Waals surface area contributed by atoms with E-state index in [0.717, 1.165) is 18.4 Å². The van der Waals surface area contributed by atoms with Crippen molar-refractivity contribution in [3.05, 3.63) is 34.9 Å². The van der Waals surface area contributed by atoms with E-state index in [2.05, 4.69) is 51.2 Å². The summed E-state index contributed by atoms with van der Waals surface area (Å²) in [5, 5.41) is 3.72. The third kappa shape index (κ3) is 4.34. The van der Waals surface area contributed by atoms with Crippen molar-refractivity contribution < 1.29 is 0 Å². The molecule has 0 bridgehead atoms. The Morgan fingerprint density at radius 1 is 1.25 bits per heavy atom. The Kier molecular flexibility index (Phi) is 5.65. The molecule has 1 saturated carbocycles. The number of nitrogens with one attached hydrogen (secondary N) is 1. The Hall–Kier alpha value is -0.820. The summed E-state index contributed by atoms with van der Waals surface area (Å²) in [6.45, 7) is 10.3. The van der Waals surface area contributed by atoms with Gasteiger partial charge in [0.15, 0.2) is 0 Å². The maximum absolute atomic E-state index is 3.72. The fraction of sp³-hybridized carbons (Fsp3) is 0.684. The molecule has 1 fully saturated rings. The summed E-state index contributed by atoms with van der Waals surface area (Å²) in [7, 11) is 0. The molecule has 20 heavy (non-hydrogen) atoms. The SMILES string of the molecule is Cc1ccc(C(C)NCCC2CCCC(C)C2)c(C)c1. The molecule has 1 aromatic rings. The average Bonchev–Trinajstić information content (AvgIpc) is 2.38. The number of hydrogen-bond acceptors (Lipinski definition) is 1. The molecule has 1 N–H and O–H groups in total. The first-order valence-electron chi connectivity index (χ1n) is 8.36. The molecule has 1 aromatic carbocycles. The predicted octanol–water partition coefficient (Wildman–Crippen LogP) is 5.17. The molecule has 3 unspecified atom stereocenters. The fourth-order valence-corrected chi connectivity index (χ4v) is 3.75. The highest BCUT2D eigenvalue weighted by Crippen LogP contribution is 2.30. The minimum Gasteiger partial charge on any atom is -0.310 e. The molecule has 0 aromatic heterocycles. The monoisotopic (exact) mass is 273 g/mol. The molecule has 2 rings (SSSR count). The van der Waals surface area contributed by atoms with Gasteiger partial charge in [0.25, 0.3) is 0 Å². The number of hydrogen-bond donors (Lipinski definition) is 1. The maximum Gasteiger partial charge on any atom is 0.0294 e. The molecule has 0 amide bonds. The summed E-state index contributed by atoms with van der Waals surface area (Å²) in [5.41, 5.74) is 4.22. The summed E-state index contributed by atoms with van der Waals surface area (Å²) >= 11 is 0. The van der Waals surface area contributed by atoms with Gasteiger partial charge in [0, 0.05) is 6.04 Å². The van der Waals surface area contributed by atoms with Crippen molar-refractivity contribution in [2.75, 3.05) is 6.54 Å². The van der Waals surface area contributed by atoms with Crippen LogP contribution in [0.3, 0.4) is 0 Å². The zero-order valence-corrected chi connectivity index (χ0v) is 13.7. The van der Waals surface area contributed by atoms with Crippen LogP contribution in [0.5, 0.6) is 0 Å². The van der Waals surface area contributed by atoms with E-state index in [1.165, 1.54) is 48.8 Å². The second-order valence-corrected chi connectivity index (χ2v) is 6.96. The Morgan fingerprint density at radius 2 is 2.05 bits per heavy atom. The van der Waals surface area contributed by atoms with Crippen LogP contribution in [0.2, 0.25) is 0 Å². The summed E-state index contributed by atoms with van der Waals surface area (Å²) < 4.78 is 0. The molecule has 1 aliphatic carbocycles. The van der Waals surface area contributed by atoms with Gasteiger partial charge in [-0.3, -0.25) is 0 Å². The normalized spacial score (nSPS) is 24.6. The third-order valence-electron chi connectivity index (χ3n) is 4.94. The van der Waals surface area contributed by atoms with Crippen LogP contribution in [0.15, 0.2) is 18.2 Å². The lowest BCUT2D eigenvalue weighted by Gasteiger charge is -2.27. The van der Waals surface area contributed by atoms with Gasteiger partial charge in [0.1, 0.15) is 0 Å². The lowest BCUT2D eigenvalue weighted by atomic mass is 9.81. The van der Waals surface area contributed by atoms with Crippen LogP contribution in [-0.4, -0.2) is 6.54 Å². The van der Waals surface area contributed by atoms with Crippen LogP contribution < -0.4 is 5.32 Å². The van der Waals surface area contributed by atoms with E-state index in [4.69, 9.17) is 0 Å². The van der Waals surface area contributed by atoms with Crippen molar-refractivity contribution in [2.45, 2.75) is 65.8 Å². The van der Waals surface area contributed by atoms with Crippen molar-refractivity contribution in [1.29, 1.82) is 0 Å². The standard InChI is InChI=1S/C19H31N/c1-14-6-5-7-18(13-14)10-11-20-17(4)19-9-8-15(2)12-16(19)3/h8-9,12,14,17-18,20H,5-7,10-11,13H2,1-4H3. The highest BCUT2D eigenvalue weighted by atomic mass is 14.9. The molecular weight excluding hydrogens is 242 g/mol. The summed E-state index contributed by atoms with van der Waals surface area (Å²) in [6.07, 6.45) is 7.13. The van der Waals surface area contributed by atoms with Gasteiger partial charge < -0.3 is 5.32 Å². The van der Waals surface area contributed by atoms with Crippen LogP contribution in [0.1, 0.15) is 68.7 Å². The van der Waals surface area contributed by atoms with Crippen molar-refractivity contribution in [2.24, 2.45) is 11.8 Å². The molecule has 0 aliphatic heterocycles. The van der Waals surface area contributed by atoms with E-state index in [9.17, 15) is 0 Å². The lowest BCUT2D eigenvalue weighted by Crippen LogP contribution is -2.24. The second-order valence-electron chi connectivity index (χ2n) is 6.96. The molecule has 0 saturated heterocycles. The largest absolute Gasteiger partial charge is 0.310 e. The first kappa shape index (κ1) is 15.6. The predicted molar refractivity (Wildman–Crippen MR) is 88.1 cm³/mol. The average molecular weight is 273 g/mol. The smallest absolute Gasteiger partial charge is 0.0294 e. The molecule has 0 heterocycles. The van der Waals surface area contributed by atoms with E-state index < -0.39 is 0 Å². The number of benzene rings is 1.